The van der Waals surface area contributed by atoms with Gasteiger partial charge in [-0.25, -0.2) is 0 Å². The van der Waals surface area contributed by atoms with E-state index in [1.807, 2.05) is 29.2 Å². The summed E-state index contributed by atoms with van der Waals surface area (Å²) in [5, 5.41) is 0. The van der Waals surface area contributed by atoms with Crippen LogP contribution in [0, 0.1) is 6.92 Å². The van der Waals surface area contributed by atoms with Crippen LogP contribution in [0.25, 0.3) is 0 Å². The minimum Gasteiger partial charge on any atom is -0.497 e. The first-order valence-corrected chi connectivity index (χ1v) is 7.23. The molecule has 1 aliphatic heterocycles. The largest absolute Gasteiger partial charge is 0.497 e. The molecule has 0 bridgehead atoms. The number of hydrogen-bond donors (Lipinski definition) is 0. The van der Waals surface area contributed by atoms with Crippen LogP contribution in [0.5, 0.6) is 5.75 Å². The Morgan fingerprint density at radius 2 is 1.86 bits per heavy atom. The maximum absolute atomic E-state index is 12.7. The average Bonchev–Trinajstić information content (AvgIpc) is 2.89. The van der Waals surface area contributed by atoms with E-state index in [2.05, 4.69) is 30.5 Å². The molecule has 2 aromatic rings. The first-order valence-electron chi connectivity index (χ1n) is 7.23. The zero-order valence-electron chi connectivity index (χ0n) is 12.7. The third-order valence-electron chi connectivity index (χ3n) is 4.29. The van der Waals surface area contributed by atoms with E-state index in [9.17, 15) is 4.79 Å². The zero-order valence-corrected chi connectivity index (χ0v) is 12.7. The molecular formula is C17H20N2O2. The van der Waals surface area contributed by atoms with Crippen molar-refractivity contribution in [1.29, 1.82) is 0 Å². The van der Waals surface area contributed by atoms with Gasteiger partial charge in [-0.05, 0) is 50.2 Å². The first-order chi connectivity index (χ1) is 10.1. The van der Waals surface area contributed by atoms with Crippen molar-refractivity contribution >= 4 is 5.91 Å². The Labute approximate surface area is 124 Å². The summed E-state index contributed by atoms with van der Waals surface area (Å²) >= 11 is 0. The van der Waals surface area contributed by atoms with Gasteiger partial charge in [0.2, 0.25) is 0 Å². The molecule has 0 radical (unpaired) electrons. The molecule has 0 saturated carbocycles. The number of ether oxygens (including phenoxy) is 1. The van der Waals surface area contributed by atoms with Gasteiger partial charge in [0, 0.05) is 30.0 Å². The fourth-order valence-corrected chi connectivity index (χ4v) is 3.00. The minimum atomic E-state index is 0.0789. The molecule has 0 saturated heterocycles. The predicted octanol–water partition coefficient (Wildman–Crippen LogP) is 3.02. The summed E-state index contributed by atoms with van der Waals surface area (Å²) in [5.74, 6) is 0.845. The number of carbonyl (C=O) groups excluding carboxylic acids is 1. The second-order valence-electron chi connectivity index (χ2n) is 5.45. The number of amides is 1. The van der Waals surface area contributed by atoms with E-state index in [0.29, 0.717) is 5.56 Å². The lowest BCUT2D eigenvalue weighted by Gasteiger charge is -2.35. The third kappa shape index (κ3) is 2.31. The number of fused-ring (bicyclic) bond motifs is 1. The fraction of sp³-hybridized carbons (Fsp3) is 0.353. The van der Waals surface area contributed by atoms with E-state index in [4.69, 9.17) is 4.74 Å². The van der Waals surface area contributed by atoms with Crippen LogP contribution < -0.4 is 4.74 Å². The van der Waals surface area contributed by atoms with Crippen molar-refractivity contribution in [3.8, 4) is 5.75 Å². The molecule has 110 valence electrons. The number of aryl methyl sites for hydroxylation is 1. The van der Waals surface area contributed by atoms with E-state index in [0.717, 1.165) is 18.8 Å². The van der Waals surface area contributed by atoms with Crippen molar-refractivity contribution in [2.75, 3.05) is 13.7 Å². The molecule has 0 aliphatic carbocycles. The second kappa shape index (κ2) is 5.28. The smallest absolute Gasteiger partial charge is 0.254 e. The Bertz CT molecular complexity index is 658. The molecule has 1 aromatic heterocycles. The molecule has 1 amide bonds. The van der Waals surface area contributed by atoms with Gasteiger partial charge in [0.1, 0.15) is 5.75 Å². The average molecular weight is 284 g/mol. The van der Waals surface area contributed by atoms with Crippen molar-refractivity contribution in [2.24, 2.45) is 0 Å². The predicted molar refractivity (Wildman–Crippen MR) is 81.6 cm³/mol. The maximum Gasteiger partial charge on any atom is 0.254 e. The number of carbonyl (C=O) groups is 1. The van der Waals surface area contributed by atoms with E-state index in [1.54, 1.807) is 7.11 Å². The highest BCUT2D eigenvalue weighted by atomic mass is 16.5. The van der Waals surface area contributed by atoms with Crippen LogP contribution in [0.15, 0.2) is 36.4 Å². The van der Waals surface area contributed by atoms with Gasteiger partial charge in [0.15, 0.2) is 0 Å². The van der Waals surface area contributed by atoms with Crippen LogP contribution in [0.1, 0.15) is 34.7 Å². The van der Waals surface area contributed by atoms with Gasteiger partial charge < -0.3 is 14.2 Å². The highest BCUT2D eigenvalue weighted by Gasteiger charge is 2.28. The van der Waals surface area contributed by atoms with Crippen LogP contribution in [0.3, 0.4) is 0 Å². The molecule has 3 rings (SSSR count). The fourth-order valence-electron chi connectivity index (χ4n) is 3.00. The molecular weight excluding hydrogens is 264 g/mol. The summed E-state index contributed by atoms with van der Waals surface area (Å²) in [5.41, 5.74) is 3.17. The first kappa shape index (κ1) is 13.7. The van der Waals surface area contributed by atoms with Gasteiger partial charge in [-0.15, -0.1) is 0 Å². The zero-order chi connectivity index (χ0) is 15.0. The number of hydrogen-bond acceptors (Lipinski definition) is 2. The second-order valence-corrected chi connectivity index (χ2v) is 5.45. The van der Waals surface area contributed by atoms with Crippen LogP contribution in [0.4, 0.5) is 0 Å². The highest BCUT2D eigenvalue weighted by Crippen LogP contribution is 2.28. The van der Waals surface area contributed by atoms with Gasteiger partial charge in [0.05, 0.1) is 13.2 Å². The highest BCUT2D eigenvalue weighted by molar-refractivity contribution is 5.94. The number of rotatable bonds is 2. The molecule has 1 aromatic carbocycles. The van der Waals surface area contributed by atoms with Crippen LogP contribution in [-0.2, 0) is 6.54 Å². The molecule has 1 aliphatic rings. The van der Waals surface area contributed by atoms with Gasteiger partial charge >= 0.3 is 0 Å². The molecule has 0 spiro atoms. The number of methoxy groups -OCH3 is 1. The Balaban J connectivity index is 1.85. The SMILES string of the molecule is COc1ccc(C(=O)N2CCn3c(C)ccc3[C@H]2C)cc1. The standard InChI is InChI=1S/C17H20N2O2/c1-12-4-9-16-13(2)19(11-10-18(12)16)17(20)14-5-7-15(21-3)8-6-14/h4-9,13H,10-11H2,1-3H3/t13-/m1/s1. The number of benzene rings is 1. The Morgan fingerprint density at radius 1 is 1.14 bits per heavy atom. The molecule has 0 fully saturated rings. The lowest BCUT2D eigenvalue weighted by molar-refractivity contribution is 0.0643. The molecule has 21 heavy (non-hydrogen) atoms. The van der Waals surface area contributed by atoms with Crippen LogP contribution in [-0.4, -0.2) is 29.0 Å². The summed E-state index contributed by atoms with van der Waals surface area (Å²) in [7, 11) is 1.63. The molecule has 0 N–H and O–H groups in total. The minimum absolute atomic E-state index is 0.0789. The third-order valence-corrected chi connectivity index (χ3v) is 4.29. The van der Waals surface area contributed by atoms with Crippen molar-refractivity contribution in [3.63, 3.8) is 0 Å². The molecule has 4 heteroatoms. The summed E-state index contributed by atoms with van der Waals surface area (Å²) in [4.78, 5) is 14.6. The van der Waals surface area contributed by atoms with Gasteiger partial charge in [0.25, 0.3) is 5.91 Å². The van der Waals surface area contributed by atoms with Gasteiger partial charge in [-0.1, -0.05) is 0 Å². The number of nitrogens with zero attached hydrogens (tertiary/aromatic N) is 2. The Kier molecular flexibility index (Phi) is 3.45. The normalized spacial score (nSPS) is 17.5. The molecule has 2 heterocycles. The molecule has 0 unspecified atom stereocenters. The van der Waals surface area contributed by atoms with Crippen molar-refractivity contribution < 1.29 is 9.53 Å². The topological polar surface area (TPSA) is 34.5 Å². The van der Waals surface area contributed by atoms with E-state index in [-0.39, 0.29) is 11.9 Å². The molecule has 4 nitrogen and oxygen atoms in total. The summed E-state index contributed by atoms with van der Waals surface area (Å²) in [6.45, 7) is 5.80. The van der Waals surface area contributed by atoms with E-state index in [1.165, 1.54) is 11.4 Å². The summed E-state index contributed by atoms with van der Waals surface area (Å²) < 4.78 is 7.43. The van der Waals surface area contributed by atoms with Gasteiger partial charge in [-0.2, -0.15) is 0 Å². The number of aromatic nitrogens is 1. The molecule has 1 atom stereocenters. The Morgan fingerprint density at radius 3 is 2.52 bits per heavy atom. The van der Waals surface area contributed by atoms with Crippen molar-refractivity contribution in [2.45, 2.75) is 26.4 Å². The Hall–Kier alpha value is -2.23. The maximum atomic E-state index is 12.7. The van der Waals surface area contributed by atoms with Crippen molar-refractivity contribution in [1.82, 2.24) is 9.47 Å². The lowest BCUT2D eigenvalue weighted by atomic mass is 10.1. The van der Waals surface area contributed by atoms with E-state index >= 15 is 0 Å². The van der Waals surface area contributed by atoms with E-state index < -0.39 is 0 Å². The van der Waals surface area contributed by atoms with Crippen LogP contribution in [0.2, 0.25) is 0 Å². The van der Waals surface area contributed by atoms with Crippen LogP contribution >= 0.6 is 0 Å². The summed E-state index contributed by atoms with van der Waals surface area (Å²) in [6.07, 6.45) is 0. The quantitative estimate of drug-likeness (QED) is 0.849. The van der Waals surface area contributed by atoms with Crippen molar-refractivity contribution in [3.05, 3.63) is 53.3 Å². The lowest BCUT2D eigenvalue weighted by Crippen LogP contribution is -2.41. The summed E-state index contributed by atoms with van der Waals surface area (Å²) in [6, 6.07) is 11.6. The van der Waals surface area contributed by atoms with Gasteiger partial charge in [-0.3, -0.25) is 4.79 Å². The monoisotopic (exact) mass is 284 g/mol.